The van der Waals surface area contributed by atoms with Crippen LogP contribution in [-0.2, 0) is 9.53 Å². The van der Waals surface area contributed by atoms with Gasteiger partial charge >= 0.3 is 5.97 Å². The van der Waals surface area contributed by atoms with E-state index >= 15 is 0 Å². The zero-order valence-electron chi connectivity index (χ0n) is 10.7. The van der Waals surface area contributed by atoms with Crippen LogP contribution in [0.15, 0.2) is 23.1 Å². The lowest BCUT2D eigenvalue weighted by Gasteiger charge is -2.35. The molecule has 2 heterocycles. The number of aromatic carboxylic acids is 1. The fourth-order valence-electron chi connectivity index (χ4n) is 2.28. The van der Waals surface area contributed by atoms with Gasteiger partial charge in [-0.1, -0.05) is 11.8 Å². The fourth-order valence-corrected chi connectivity index (χ4v) is 3.43. The summed E-state index contributed by atoms with van der Waals surface area (Å²) in [5.41, 5.74) is 0.749. The number of nitrogens with one attached hydrogen (secondary N) is 1. The summed E-state index contributed by atoms with van der Waals surface area (Å²) in [4.78, 5) is 26.1. The van der Waals surface area contributed by atoms with E-state index in [0.29, 0.717) is 18.9 Å². The molecule has 0 aliphatic carbocycles. The molecule has 0 radical (unpaired) electrons. The zero-order valence-corrected chi connectivity index (χ0v) is 11.5. The van der Waals surface area contributed by atoms with Crippen LogP contribution in [0.2, 0.25) is 0 Å². The Kier molecular flexibility index (Phi) is 3.64. The summed E-state index contributed by atoms with van der Waals surface area (Å²) >= 11 is 1.46. The van der Waals surface area contributed by atoms with Crippen LogP contribution < -0.4 is 5.32 Å². The average Bonchev–Trinajstić information content (AvgIpc) is 2.46. The van der Waals surface area contributed by atoms with Gasteiger partial charge in [0, 0.05) is 18.0 Å². The van der Waals surface area contributed by atoms with Gasteiger partial charge in [0.05, 0.1) is 24.5 Å². The van der Waals surface area contributed by atoms with Crippen LogP contribution in [0, 0.1) is 0 Å². The third kappa shape index (κ3) is 2.52. The molecule has 1 fully saturated rings. The van der Waals surface area contributed by atoms with Crippen LogP contribution in [0.5, 0.6) is 0 Å². The number of hydrogen-bond acceptors (Lipinski definition) is 5. The van der Waals surface area contributed by atoms with E-state index in [-0.39, 0.29) is 16.8 Å². The normalized spacial score (nSPS) is 23.0. The summed E-state index contributed by atoms with van der Waals surface area (Å²) in [6, 6.07) is 4.80. The number of morpholine rings is 1. The highest BCUT2D eigenvalue weighted by Gasteiger charge is 2.33. The summed E-state index contributed by atoms with van der Waals surface area (Å²) in [6.07, 6.45) is 0. The average molecular weight is 294 g/mol. The van der Waals surface area contributed by atoms with Crippen molar-refractivity contribution in [3.8, 4) is 0 Å². The maximum absolute atomic E-state index is 12.2. The second-order valence-corrected chi connectivity index (χ2v) is 5.75. The summed E-state index contributed by atoms with van der Waals surface area (Å²) in [5, 5.41) is 11.5. The summed E-state index contributed by atoms with van der Waals surface area (Å²) in [6.45, 7) is 2.73. The number of ether oxygens (including phenoxy) is 1. The molecular formula is C13H14N2O4S. The van der Waals surface area contributed by atoms with Gasteiger partial charge in [-0.2, -0.15) is 0 Å². The van der Waals surface area contributed by atoms with Gasteiger partial charge in [0.2, 0.25) is 0 Å². The first-order valence-electron chi connectivity index (χ1n) is 6.32. The number of carboxylic acid groups (broad SMARTS) is 1. The van der Waals surface area contributed by atoms with Crippen molar-refractivity contribution in [3.63, 3.8) is 0 Å². The minimum Gasteiger partial charge on any atom is -0.478 e. The third-order valence-electron chi connectivity index (χ3n) is 3.32. The number of amides is 1. The summed E-state index contributed by atoms with van der Waals surface area (Å²) in [7, 11) is 0. The van der Waals surface area contributed by atoms with Crippen molar-refractivity contribution < 1.29 is 19.4 Å². The van der Waals surface area contributed by atoms with Crippen molar-refractivity contribution in [2.75, 3.05) is 31.6 Å². The molecule has 2 aliphatic rings. The van der Waals surface area contributed by atoms with Gasteiger partial charge in [-0.25, -0.2) is 4.79 Å². The van der Waals surface area contributed by atoms with Crippen molar-refractivity contribution >= 4 is 29.3 Å². The van der Waals surface area contributed by atoms with Gasteiger partial charge in [-0.3, -0.25) is 9.69 Å². The predicted octanol–water partition coefficient (Wildman–Crippen LogP) is 1.09. The number of carbonyl (C=O) groups excluding carboxylic acids is 1. The summed E-state index contributed by atoms with van der Waals surface area (Å²) in [5.74, 6) is -1.10. The fraction of sp³-hybridized carbons (Fsp3) is 0.385. The van der Waals surface area contributed by atoms with E-state index in [1.807, 2.05) is 0 Å². The lowest BCUT2D eigenvalue weighted by molar-refractivity contribution is -0.119. The maximum Gasteiger partial charge on any atom is 0.335 e. The van der Waals surface area contributed by atoms with E-state index < -0.39 is 5.97 Å². The van der Waals surface area contributed by atoms with Gasteiger partial charge < -0.3 is 15.2 Å². The second-order valence-electron chi connectivity index (χ2n) is 4.62. The molecule has 0 spiro atoms. The van der Waals surface area contributed by atoms with Crippen LogP contribution in [0.1, 0.15) is 10.4 Å². The first-order chi connectivity index (χ1) is 9.65. The topological polar surface area (TPSA) is 78.9 Å². The minimum atomic E-state index is -0.998. The molecule has 20 heavy (non-hydrogen) atoms. The SMILES string of the molecule is O=C(O)c1ccc2c(c1)NC(=O)[C@@H](N1CCOCC1)S2. The number of nitrogens with zero attached hydrogens (tertiary/aromatic N) is 1. The number of anilines is 1. The highest BCUT2D eigenvalue weighted by Crippen LogP contribution is 2.37. The molecule has 0 aromatic heterocycles. The minimum absolute atomic E-state index is 0.105. The first-order valence-corrected chi connectivity index (χ1v) is 7.20. The van der Waals surface area contributed by atoms with E-state index in [1.165, 1.54) is 17.8 Å². The van der Waals surface area contributed by atoms with E-state index in [1.54, 1.807) is 12.1 Å². The van der Waals surface area contributed by atoms with Crippen molar-refractivity contribution in [3.05, 3.63) is 23.8 Å². The van der Waals surface area contributed by atoms with Crippen LogP contribution in [0.25, 0.3) is 0 Å². The Morgan fingerprint density at radius 2 is 2.15 bits per heavy atom. The van der Waals surface area contributed by atoms with Gasteiger partial charge in [0.25, 0.3) is 5.91 Å². The lowest BCUT2D eigenvalue weighted by Crippen LogP contribution is -2.48. The Morgan fingerprint density at radius 1 is 1.40 bits per heavy atom. The van der Waals surface area contributed by atoms with Crippen molar-refractivity contribution in [1.82, 2.24) is 4.90 Å². The Bertz CT molecular complexity index is 557. The third-order valence-corrected chi connectivity index (χ3v) is 4.67. The molecule has 2 aliphatic heterocycles. The number of rotatable bonds is 2. The number of carbonyl (C=O) groups is 2. The van der Waals surface area contributed by atoms with Gasteiger partial charge in [0.1, 0.15) is 5.37 Å². The molecule has 0 saturated carbocycles. The highest BCUT2D eigenvalue weighted by molar-refractivity contribution is 8.00. The molecule has 0 unspecified atom stereocenters. The number of hydrogen-bond donors (Lipinski definition) is 2. The monoisotopic (exact) mass is 294 g/mol. The number of thioether (sulfide) groups is 1. The highest BCUT2D eigenvalue weighted by atomic mass is 32.2. The number of fused-ring (bicyclic) bond motifs is 1. The van der Waals surface area contributed by atoms with Crippen molar-refractivity contribution in [2.24, 2.45) is 0 Å². The Hall–Kier alpha value is -1.57. The van der Waals surface area contributed by atoms with Crippen molar-refractivity contribution in [1.29, 1.82) is 0 Å². The largest absolute Gasteiger partial charge is 0.478 e. The molecule has 7 heteroatoms. The van der Waals surface area contributed by atoms with Crippen LogP contribution in [0.3, 0.4) is 0 Å². The molecule has 1 aromatic carbocycles. The maximum atomic E-state index is 12.2. The van der Waals surface area contributed by atoms with Gasteiger partial charge in [0.15, 0.2) is 0 Å². The molecule has 1 aromatic rings. The molecule has 0 bridgehead atoms. The molecule has 2 N–H and O–H groups in total. The van der Waals surface area contributed by atoms with E-state index in [2.05, 4.69) is 10.2 Å². The Morgan fingerprint density at radius 3 is 2.85 bits per heavy atom. The zero-order chi connectivity index (χ0) is 14.1. The van der Waals surface area contributed by atoms with E-state index in [0.717, 1.165) is 18.0 Å². The van der Waals surface area contributed by atoms with E-state index in [9.17, 15) is 9.59 Å². The molecule has 1 amide bonds. The van der Waals surface area contributed by atoms with Crippen molar-refractivity contribution in [2.45, 2.75) is 10.3 Å². The molecule has 1 saturated heterocycles. The smallest absolute Gasteiger partial charge is 0.335 e. The first kappa shape index (κ1) is 13.4. The quantitative estimate of drug-likeness (QED) is 0.850. The van der Waals surface area contributed by atoms with Gasteiger partial charge in [-0.05, 0) is 18.2 Å². The molecule has 106 valence electrons. The molecule has 3 rings (SSSR count). The lowest BCUT2D eigenvalue weighted by atomic mass is 10.2. The van der Waals surface area contributed by atoms with Crippen LogP contribution in [-0.4, -0.2) is 53.6 Å². The molecular weight excluding hydrogens is 280 g/mol. The second kappa shape index (κ2) is 5.43. The van der Waals surface area contributed by atoms with Crippen LogP contribution in [0.4, 0.5) is 5.69 Å². The Balaban J connectivity index is 1.83. The molecule has 1 atom stereocenters. The number of benzene rings is 1. The van der Waals surface area contributed by atoms with Crippen LogP contribution >= 0.6 is 11.8 Å². The Labute approximate surface area is 120 Å². The summed E-state index contributed by atoms with van der Waals surface area (Å²) < 4.78 is 5.29. The van der Waals surface area contributed by atoms with E-state index in [4.69, 9.17) is 9.84 Å². The predicted molar refractivity (Wildman–Crippen MR) is 74.1 cm³/mol. The molecule has 6 nitrogen and oxygen atoms in total. The number of carboxylic acids is 1. The van der Waals surface area contributed by atoms with Gasteiger partial charge in [-0.15, -0.1) is 0 Å². The standard InChI is InChI=1S/C13H14N2O4S/c16-11-12(15-3-5-19-6-4-15)20-10-2-1-8(13(17)18)7-9(10)14-11/h1-2,7,12H,3-6H2,(H,14,16)(H,17,18)/t12-/m0/s1.